The number of aromatic nitrogens is 1. The van der Waals surface area contributed by atoms with Gasteiger partial charge in [-0.1, -0.05) is 11.6 Å². The number of rotatable bonds is 5. The van der Waals surface area contributed by atoms with Gasteiger partial charge in [-0.3, -0.25) is 4.79 Å². The Labute approximate surface area is 101 Å². The lowest BCUT2D eigenvalue weighted by molar-refractivity contribution is 0.0914. The van der Waals surface area contributed by atoms with Crippen LogP contribution in [-0.2, 0) is 0 Å². The summed E-state index contributed by atoms with van der Waals surface area (Å²) >= 11 is 0. The number of amides is 1. The van der Waals surface area contributed by atoms with Crippen molar-refractivity contribution >= 4 is 5.91 Å². The molecule has 5 heteroatoms. The largest absolute Gasteiger partial charge is 0.351 e. The van der Waals surface area contributed by atoms with Crippen molar-refractivity contribution in [3.63, 3.8) is 0 Å². The molecule has 1 fully saturated rings. The van der Waals surface area contributed by atoms with Gasteiger partial charge < -0.3 is 14.7 Å². The molecule has 0 atom stereocenters. The van der Waals surface area contributed by atoms with Crippen molar-refractivity contribution in [2.75, 3.05) is 26.2 Å². The van der Waals surface area contributed by atoms with Crippen molar-refractivity contribution in [3.05, 3.63) is 18.0 Å². The van der Waals surface area contributed by atoms with Gasteiger partial charge in [0.1, 0.15) is 0 Å². The van der Waals surface area contributed by atoms with Gasteiger partial charge in [0.05, 0.1) is 6.20 Å². The van der Waals surface area contributed by atoms with Gasteiger partial charge in [-0.2, -0.15) is 0 Å². The van der Waals surface area contributed by atoms with Crippen LogP contribution in [-0.4, -0.2) is 42.1 Å². The molecule has 5 nitrogen and oxygen atoms in total. The van der Waals surface area contributed by atoms with Gasteiger partial charge in [0.25, 0.3) is 5.91 Å². The van der Waals surface area contributed by atoms with Gasteiger partial charge in [-0.15, -0.1) is 0 Å². The Balaban J connectivity index is 1.58. The highest BCUT2D eigenvalue weighted by Gasteiger charge is 2.11. The van der Waals surface area contributed by atoms with E-state index in [2.05, 4.69) is 15.4 Å². The molecule has 1 aromatic heterocycles. The Hall–Kier alpha value is -1.36. The topological polar surface area (TPSA) is 58.4 Å². The molecule has 0 unspecified atom stereocenters. The van der Waals surface area contributed by atoms with Crippen molar-refractivity contribution in [1.29, 1.82) is 0 Å². The summed E-state index contributed by atoms with van der Waals surface area (Å²) in [7, 11) is 0. The van der Waals surface area contributed by atoms with Gasteiger partial charge >= 0.3 is 0 Å². The Morgan fingerprint density at radius 2 is 2.24 bits per heavy atom. The summed E-state index contributed by atoms with van der Waals surface area (Å²) in [6, 6.07) is 1.57. The Morgan fingerprint density at radius 3 is 2.94 bits per heavy atom. The highest BCUT2D eigenvalue weighted by atomic mass is 16.5. The lowest BCUT2D eigenvalue weighted by atomic mass is 10.1. The molecule has 2 heterocycles. The minimum absolute atomic E-state index is 0.179. The first kappa shape index (κ1) is 12.1. The molecule has 1 N–H and O–H groups in total. The van der Waals surface area contributed by atoms with Crippen LogP contribution in [0, 0.1) is 0 Å². The molecule has 0 spiro atoms. The molecule has 1 aliphatic heterocycles. The van der Waals surface area contributed by atoms with Crippen molar-refractivity contribution in [2.45, 2.75) is 25.7 Å². The van der Waals surface area contributed by atoms with E-state index in [-0.39, 0.29) is 11.7 Å². The lowest BCUT2D eigenvalue weighted by Gasteiger charge is -2.26. The monoisotopic (exact) mass is 237 g/mol. The van der Waals surface area contributed by atoms with Gasteiger partial charge in [-0.25, -0.2) is 0 Å². The molecule has 1 aliphatic rings. The van der Waals surface area contributed by atoms with E-state index in [9.17, 15) is 4.79 Å². The maximum Gasteiger partial charge on any atom is 0.289 e. The van der Waals surface area contributed by atoms with E-state index in [1.54, 1.807) is 6.07 Å². The van der Waals surface area contributed by atoms with E-state index in [1.807, 2.05) is 0 Å². The summed E-state index contributed by atoms with van der Waals surface area (Å²) in [6.45, 7) is 4.17. The van der Waals surface area contributed by atoms with Crippen molar-refractivity contribution < 1.29 is 9.32 Å². The molecule has 2 rings (SSSR count). The number of hydrogen-bond donors (Lipinski definition) is 1. The number of nitrogens with zero attached hydrogens (tertiary/aromatic N) is 2. The standard InChI is InChI=1S/C12H19N3O2/c16-12(11-5-7-14-17-11)13-6-4-10-15-8-2-1-3-9-15/h5,7H,1-4,6,8-10H2,(H,13,16). The normalized spacial score (nSPS) is 16.9. The van der Waals surface area contributed by atoms with Crippen LogP contribution in [0.3, 0.4) is 0 Å². The first-order chi connectivity index (χ1) is 8.36. The lowest BCUT2D eigenvalue weighted by Crippen LogP contribution is -2.33. The van der Waals surface area contributed by atoms with Crippen molar-refractivity contribution in [3.8, 4) is 0 Å². The average molecular weight is 237 g/mol. The third kappa shape index (κ3) is 3.85. The number of likely N-dealkylation sites (tertiary alicyclic amines) is 1. The minimum Gasteiger partial charge on any atom is -0.351 e. The van der Waals surface area contributed by atoms with Crippen LogP contribution >= 0.6 is 0 Å². The van der Waals surface area contributed by atoms with Gasteiger partial charge in [0.15, 0.2) is 0 Å². The van der Waals surface area contributed by atoms with Gasteiger partial charge in [-0.05, 0) is 38.9 Å². The molecule has 1 saturated heterocycles. The molecule has 0 bridgehead atoms. The Kier molecular flexibility index (Phi) is 4.55. The minimum atomic E-state index is -0.179. The molecule has 0 radical (unpaired) electrons. The molecule has 0 aliphatic carbocycles. The zero-order valence-electron chi connectivity index (χ0n) is 10.0. The summed E-state index contributed by atoms with van der Waals surface area (Å²) in [5.41, 5.74) is 0. The number of piperidine rings is 1. The fraction of sp³-hybridized carbons (Fsp3) is 0.667. The zero-order chi connectivity index (χ0) is 11.9. The van der Waals surface area contributed by atoms with Crippen LogP contribution in [0.1, 0.15) is 36.2 Å². The van der Waals surface area contributed by atoms with E-state index < -0.39 is 0 Å². The predicted octanol–water partition coefficient (Wildman–Crippen LogP) is 1.28. The molecule has 1 amide bonds. The smallest absolute Gasteiger partial charge is 0.289 e. The third-order valence-electron chi connectivity index (χ3n) is 3.05. The molecular weight excluding hydrogens is 218 g/mol. The van der Waals surface area contributed by atoms with Crippen LogP contribution < -0.4 is 5.32 Å². The summed E-state index contributed by atoms with van der Waals surface area (Å²) in [4.78, 5) is 14.0. The van der Waals surface area contributed by atoms with E-state index in [1.165, 1.54) is 38.5 Å². The van der Waals surface area contributed by atoms with E-state index in [4.69, 9.17) is 4.52 Å². The molecular formula is C12H19N3O2. The summed E-state index contributed by atoms with van der Waals surface area (Å²) in [5.74, 6) is 0.101. The second-order valence-electron chi connectivity index (χ2n) is 4.39. The van der Waals surface area contributed by atoms with Crippen molar-refractivity contribution in [1.82, 2.24) is 15.4 Å². The van der Waals surface area contributed by atoms with Crippen LogP contribution in [0.5, 0.6) is 0 Å². The van der Waals surface area contributed by atoms with Crippen LogP contribution in [0.4, 0.5) is 0 Å². The fourth-order valence-corrected chi connectivity index (χ4v) is 2.11. The summed E-state index contributed by atoms with van der Waals surface area (Å²) in [6.07, 6.45) is 6.44. The molecule has 0 aromatic carbocycles. The third-order valence-corrected chi connectivity index (χ3v) is 3.05. The van der Waals surface area contributed by atoms with E-state index in [0.717, 1.165) is 13.0 Å². The number of hydrogen-bond acceptors (Lipinski definition) is 4. The van der Waals surface area contributed by atoms with E-state index in [0.29, 0.717) is 6.54 Å². The Bertz CT molecular complexity index is 332. The molecule has 1 aromatic rings. The summed E-state index contributed by atoms with van der Waals surface area (Å²) < 4.78 is 4.77. The quantitative estimate of drug-likeness (QED) is 0.784. The Morgan fingerprint density at radius 1 is 1.41 bits per heavy atom. The highest BCUT2D eigenvalue weighted by Crippen LogP contribution is 2.08. The molecule has 0 saturated carbocycles. The second-order valence-corrected chi connectivity index (χ2v) is 4.39. The molecule has 17 heavy (non-hydrogen) atoms. The number of carbonyl (C=O) groups is 1. The van der Waals surface area contributed by atoms with Gasteiger partial charge in [0.2, 0.25) is 5.76 Å². The average Bonchev–Trinajstić information content (AvgIpc) is 2.89. The van der Waals surface area contributed by atoms with E-state index >= 15 is 0 Å². The first-order valence-corrected chi connectivity index (χ1v) is 6.27. The number of nitrogens with one attached hydrogen (secondary N) is 1. The highest BCUT2D eigenvalue weighted by molar-refractivity contribution is 5.91. The zero-order valence-corrected chi connectivity index (χ0v) is 10.0. The summed E-state index contributed by atoms with van der Waals surface area (Å²) in [5, 5.41) is 6.33. The van der Waals surface area contributed by atoms with Crippen LogP contribution in [0.15, 0.2) is 16.8 Å². The first-order valence-electron chi connectivity index (χ1n) is 6.27. The van der Waals surface area contributed by atoms with Crippen LogP contribution in [0.25, 0.3) is 0 Å². The fourth-order valence-electron chi connectivity index (χ4n) is 2.11. The number of carbonyl (C=O) groups excluding carboxylic acids is 1. The molecule has 94 valence electrons. The maximum atomic E-state index is 11.5. The second kappa shape index (κ2) is 6.39. The van der Waals surface area contributed by atoms with Crippen LogP contribution in [0.2, 0.25) is 0 Å². The van der Waals surface area contributed by atoms with Gasteiger partial charge in [0, 0.05) is 12.6 Å². The SMILES string of the molecule is O=C(NCCCN1CCCCC1)c1ccno1. The van der Waals surface area contributed by atoms with Crippen molar-refractivity contribution in [2.24, 2.45) is 0 Å². The predicted molar refractivity (Wildman–Crippen MR) is 63.7 cm³/mol. The maximum absolute atomic E-state index is 11.5.